The summed E-state index contributed by atoms with van der Waals surface area (Å²) in [5.74, 6) is -0.821. The van der Waals surface area contributed by atoms with E-state index < -0.39 is 6.10 Å². The Hall–Kier alpha value is -1.85. The molecule has 0 heterocycles. The summed E-state index contributed by atoms with van der Waals surface area (Å²) in [6.07, 6.45) is 85.3. The molecular weight excluding hydrogens is 997 g/mol. The second-order valence-corrected chi connectivity index (χ2v) is 25.6. The van der Waals surface area contributed by atoms with Crippen LogP contribution in [0.2, 0.25) is 0 Å². The van der Waals surface area contributed by atoms with E-state index in [0.717, 1.165) is 57.8 Å². The van der Waals surface area contributed by atoms with Gasteiger partial charge in [-0.1, -0.05) is 380 Å². The van der Waals surface area contributed by atoms with Crippen molar-refractivity contribution in [3.63, 3.8) is 0 Å². The van der Waals surface area contributed by atoms with Crippen LogP contribution in [0.1, 0.15) is 432 Å². The summed E-state index contributed by atoms with van der Waals surface area (Å²) in [5, 5.41) is 0. The van der Waals surface area contributed by atoms with E-state index in [9.17, 15) is 14.4 Å². The van der Waals surface area contributed by atoms with Gasteiger partial charge in [-0.25, -0.2) is 0 Å². The smallest absolute Gasteiger partial charge is 0.306 e. The first-order valence-corrected chi connectivity index (χ1v) is 37.2. The fraction of sp³-hybridized carbons (Fsp3) is 0.933. The van der Waals surface area contributed by atoms with Crippen molar-refractivity contribution in [3.05, 3.63) is 12.2 Å². The summed E-state index contributed by atoms with van der Waals surface area (Å²) in [5.41, 5.74) is 0. The van der Waals surface area contributed by atoms with Gasteiger partial charge in [0.25, 0.3) is 0 Å². The van der Waals surface area contributed by atoms with Gasteiger partial charge in [-0.3, -0.25) is 14.4 Å². The van der Waals surface area contributed by atoms with Crippen molar-refractivity contribution >= 4 is 17.9 Å². The Morgan fingerprint density at radius 2 is 0.407 bits per heavy atom. The number of hydrogen-bond acceptors (Lipinski definition) is 6. The van der Waals surface area contributed by atoms with E-state index in [2.05, 4.69) is 32.9 Å². The van der Waals surface area contributed by atoms with Gasteiger partial charge < -0.3 is 14.2 Å². The molecule has 1 atom stereocenters. The van der Waals surface area contributed by atoms with Crippen molar-refractivity contribution in [2.24, 2.45) is 0 Å². The topological polar surface area (TPSA) is 78.9 Å². The fourth-order valence-electron chi connectivity index (χ4n) is 11.7. The largest absolute Gasteiger partial charge is 0.462 e. The number of carbonyl (C=O) groups excluding carboxylic acids is 3. The van der Waals surface area contributed by atoms with Gasteiger partial charge in [-0.2, -0.15) is 0 Å². The number of ether oxygens (including phenoxy) is 3. The van der Waals surface area contributed by atoms with Gasteiger partial charge in [0.1, 0.15) is 13.2 Å². The first-order chi connectivity index (χ1) is 40.0. The van der Waals surface area contributed by atoms with Crippen molar-refractivity contribution in [2.75, 3.05) is 13.2 Å². The maximum absolute atomic E-state index is 13.0. The fourth-order valence-corrected chi connectivity index (χ4v) is 11.7. The first-order valence-electron chi connectivity index (χ1n) is 37.2. The number of rotatable bonds is 70. The number of carbonyl (C=O) groups is 3. The van der Waals surface area contributed by atoms with Crippen LogP contribution in [0.25, 0.3) is 0 Å². The van der Waals surface area contributed by atoms with Crippen LogP contribution < -0.4 is 0 Å². The summed E-state index contributed by atoms with van der Waals surface area (Å²) >= 11 is 0. The van der Waals surface area contributed by atoms with E-state index in [0.29, 0.717) is 19.3 Å². The third-order valence-electron chi connectivity index (χ3n) is 17.3. The quantitative estimate of drug-likeness (QED) is 0.0261. The Bertz CT molecular complexity index is 1260. The predicted molar refractivity (Wildman–Crippen MR) is 353 cm³/mol. The summed E-state index contributed by atoms with van der Waals surface area (Å²) in [6.45, 7) is 6.75. The molecule has 480 valence electrons. The van der Waals surface area contributed by atoms with Crippen LogP contribution in [0.15, 0.2) is 12.2 Å². The minimum Gasteiger partial charge on any atom is -0.462 e. The number of allylic oxidation sites excluding steroid dienone is 2. The average molecular weight is 1140 g/mol. The number of esters is 3. The Morgan fingerprint density at radius 1 is 0.235 bits per heavy atom. The molecule has 81 heavy (non-hydrogen) atoms. The lowest BCUT2D eigenvalue weighted by atomic mass is 10.0. The Labute approximate surface area is 507 Å². The first kappa shape index (κ1) is 79.2. The van der Waals surface area contributed by atoms with Gasteiger partial charge in [-0.05, 0) is 44.9 Å². The van der Waals surface area contributed by atoms with E-state index in [1.807, 2.05) is 0 Å². The molecule has 1 unspecified atom stereocenters. The van der Waals surface area contributed by atoms with Crippen LogP contribution in [0.5, 0.6) is 0 Å². The van der Waals surface area contributed by atoms with Crippen molar-refractivity contribution in [1.29, 1.82) is 0 Å². The van der Waals surface area contributed by atoms with Crippen LogP contribution in [-0.4, -0.2) is 37.2 Å². The molecule has 0 aliphatic carbocycles. The zero-order chi connectivity index (χ0) is 58.5. The van der Waals surface area contributed by atoms with Gasteiger partial charge in [0, 0.05) is 19.3 Å². The van der Waals surface area contributed by atoms with Gasteiger partial charge in [0.2, 0.25) is 0 Å². The normalized spacial score (nSPS) is 12.0. The zero-order valence-electron chi connectivity index (χ0n) is 55.4. The Morgan fingerprint density at radius 3 is 0.617 bits per heavy atom. The molecule has 6 heteroatoms. The molecule has 0 aromatic rings. The molecule has 0 fully saturated rings. The van der Waals surface area contributed by atoms with Crippen molar-refractivity contribution in [1.82, 2.24) is 0 Å². The summed E-state index contributed by atoms with van der Waals surface area (Å²) in [6, 6.07) is 0. The molecule has 0 N–H and O–H groups in total. The lowest BCUT2D eigenvalue weighted by molar-refractivity contribution is -0.167. The molecule has 0 bridgehead atoms. The van der Waals surface area contributed by atoms with E-state index in [1.165, 1.54) is 334 Å². The average Bonchev–Trinajstić information content (AvgIpc) is 3.47. The number of unbranched alkanes of at least 4 members (excludes halogenated alkanes) is 57. The summed E-state index contributed by atoms with van der Waals surface area (Å²) in [7, 11) is 0. The molecule has 0 radical (unpaired) electrons. The highest BCUT2D eigenvalue weighted by atomic mass is 16.6. The zero-order valence-corrected chi connectivity index (χ0v) is 55.4. The molecule has 0 aliphatic heterocycles. The Balaban J connectivity index is 4.22. The molecule has 0 aromatic carbocycles. The SMILES string of the molecule is CCCCCCCCCC/C=C\CCCCCCCCCCCCCCCCCC(=O)OCC(COC(=O)CCCCCCCCCCCCCCCCCCCC)OC(=O)CCCCCCCCCCCCCCCCCCCC. The monoisotopic (exact) mass is 1140 g/mol. The molecule has 0 rings (SSSR count). The molecule has 0 aromatic heterocycles. The highest BCUT2D eigenvalue weighted by molar-refractivity contribution is 5.71. The summed E-state index contributed by atoms with van der Waals surface area (Å²) in [4.78, 5) is 38.5. The van der Waals surface area contributed by atoms with Crippen molar-refractivity contribution < 1.29 is 28.6 Å². The standard InChI is InChI=1S/C75H144O6/c1-4-7-10-13-16-19-22-25-28-31-34-35-36-37-38-39-40-41-42-45-47-50-53-56-59-62-65-68-74(77)80-71-72(81-75(78)69-66-63-60-57-54-51-48-44-33-30-27-24-21-18-15-12-9-6-3)70-79-73(76)67-64-61-58-55-52-49-46-43-32-29-26-23-20-17-14-11-8-5-2/h31,34,72H,4-30,32-33,35-71H2,1-3H3/b34-31-. The van der Waals surface area contributed by atoms with Crippen molar-refractivity contribution in [2.45, 2.75) is 438 Å². The molecule has 0 saturated carbocycles. The molecule has 0 amide bonds. The minimum atomic E-state index is -0.766. The molecular formula is C75H144O6. The third-order valence-corrected chi connectivity index (χ3v) is 17.3. The number of hydrogen-bond donors (Lipinski definition) is 0. The summed E-state index contributed by atoms with van der Waals surface area (Å²) < 4.78 is 17.0. The van der Waals surface area contributed by atoms with Crippen molar-refractivity contribution in [3.8, 4) is 0 Å². The minimum absolute atomic E-state index is 0.0617. The Kier molecular flexibility index (Phi) is 69.0. The third kappa shape index (κ3) is 68.8. The van der Waals surface area contributed by atoms with Crippen LogP contribution in [0.3, 0.4) is 0 Å². The lowest BCUT2D eigenvalue weighted by Gasteiger charge is -2.18. The second-order valence-electron chi connectivity index (χ2n) is 25.6. The van der Waals surface area contributed by atoms with Gasteiger partial charge in [0.05, 0.1) is 0 Å². The van der Waals surface area contributed by atoms with E-state index >= 15 is 0 Å². The van der Waals surface area contributed by atoms with Gasteiger partial charge >= 0.3 is 17.9 Å². The maximum atomic E-state index is 13.0. The van der Waals surface area contributed by atoms with E-state index in [-0.39, 0.29) is 31.1 Å². The van der Waals surface area contributed by atoms with Crippen LogP contribution in [0, 0.1) is 0 Å². The molecule has 6 nitrogen and oxygen atoms in total. The highest BCUT2D eigenvalue weighted by Gasteiger charge is 2.20. The van der Waals surface area contributed by atoms with Crippen LogP contribution in [0.4, 0.5) is 0 Å². The van der Waals surface area contributed by atoms with Gasteiger partial charge in [0.15, 0.2) is 6.10 Å². The van der Waals surface area contributed by atoms with Crippen LogP contribution in [-0.2, 0) is 28.6 Å². The van der Waals surface area contributed by atoms with Crippen LogP contribution >= 0.6 is 0 Å². The van der Waals surface area contributed by atoms with Gasteiger partial charge in [-0.15, -0.1) is 0 Å². The second kappa shape index (κ2) is 70.6. The lowest BCUT2D eigenvalue weighted by Crippen LogP contribution is -2.30. The molecule has 0 saturated heterocycles. The molecule has 0 aliphatic rings. The van der Waals surface area contributed by atoms with E-state index in [1.54, 1.807) is 0 Å². The molecule has 0 spiro atoms. The van der Waals surface area contributed by atoms with E-state index in [4.69, 9.17) is 14.2 Å². The predicted octanol–water partition coefficient (Wildman–Crippen LogP) is 25.6. The maximum Gasteiger partial charge on any atom is 0.306 e. The highest BCUT2D eigenvalue weighted by Crippen LogP contribution is 2.19.